The van der Waals surface area contributed by atoms with Gasteiger partial charge in [0.15, 0.2) is 0 Å². The summed E-state index contributed by atoms with van der Waals surface area (Å²) in [6, 6.07) is 15.0. The maximum atomic E-state index is 12.7. The van der Waals surface area contributed by atoms with Crippen molar-refractivity contribution in [1.82, 2.24) is 14.7 Å². The van der Waals surface area contributed by atoms with Gasteiger partial charge in [0.1, 0.15) is 6.54 Å². The van der Waals surface area contributed by atoms with E-state index in [0.29, 0.717) is 13.1 Å². The van der Waals surface area contributed by atoms with E-state index in [-0.39, 0.29) is 28.6 Å². The lowest BCUT2D eigenvalue weighted by Gasteiger charge is -2.35. The van der Waals surface area contributed by atoms with Gasteiger partial charge in [0, 0.05) is 32.7 Å². The number of carbonyl (C=O) groups excluding carboxylic acids is 3. The van der Waals surface area contributed by atoms with E-state index in [9.17, 15) is 14.4 Å². The van der Waals surface area contributed by atoms with E-state index in [1.54, 1.807) is 23.1 Å². The fourth-order valence-corrected chi connectivity index (χ4v) is 3.92. The van der Waals surface area contributed by atoms with E-state index >= 15 is 0 Å². The molecule has 2 aromatic carbocycles. The van der Waals surface area contributed by atoms with Crippen LogP contribution in [0.3, 0.4) is 0 Å². The summed E-state index contributed by atoms with van der Waals surface area (Å²) in [5, 5.41) is 0.236. The van der Waals surface area contributed by atoms with Gasteiger partial charge in [-0.2, -0.15) is 0 Å². The molecule has 0 aliphatic carbocycles. The van der Waals surface area contributed by atoms with Crippen LogP contribution in [0.5, 0.6) is 0 Å². The van der Waals surface area contributed by atoms with Crippen molar-refractivity contribution >= 4 is 29.3 Å². The molecule has 1 saturated heterocycles. The molecule has 3 amide bonds. The molecular weight excluding hydrogens is 378 g/mol. The number of piperazine rings is 1. The normalized spacial score (nSPS) is 17.2. The Kier molecular flexibility index (Phi) is 5.15. The average Bonchev–Trinajstić information content (AvgIpc) is 2.95. The van der Waals surface area contributed by atoms with Gasteiger partial charge in [0.05, 0.1) is 16.1 Å². The molecule has 7 heteroatoms. The Labute approximate surface area is 168 Å². The fraction of sp³-hybridized carbons (Fsp3) is 0.286. The van der Waals surface area contributed by atoms with Crippen molar-refractivity contribution in [3.05, 3.63) is 70.2 Å². The lowest BCUT2D eigenvalue weighted by atomic mass is 10.1. The van der Waals surface area contributed by atoms with Crippen molar-refractivity contribution in [1.29, 1.82) is 0 Å². The first kappa shape index (κ1) is 18.7. The van der Waals surface area contributed by atoms with E-state index in [2.05, 4.69) is 17.0 Å². The van der Waals surface area contributed by atoms with Gasteiger partial charge in [-0.05, 0) is 17.7 Å². The second-order valence-electron chi connectivity index (χ2n) is 7.00. The second kappa shape index (κ2) is 7.73. The number of hydrogen-bond acceptors (Lipinski definition) is 4. The Hall–Kier alpha value is -2.70. The third-order valence-electron chi connectivity index (χ3n) is 5.22. The quantitative estimate of drug-likeness (QED) is 0.743. The smallest absolute Gasteiger partial charge is 0.263 e. The highest BCUT2D eigenvalue weighted by Gasteiger charge is 2.39. The molecule has 0 spiro atoms. The van der Waals surface area contributed by atoms with Gasteiger partial charge in [-0.15, -0.1) is 0 Å². The molecule has 4 rings (SSSR count). The largest absolute Gasteiger partial charge is 0.339 e. The van der Waals surface area contributed by atoms with E-state index in [1.807, 2.05) is 18.2 Å². The molecule has 0 N–H and O–H groups in total. The van der Waals surface area contributed by atoms with E-state index < -0.39 is 11.8 Å². The number of hydrogen-bond donors (Lipinski definition) is 0. The second-order valence-corrected chi connectivity index (χ2v) is 7.41. The topological polar surface area (TPSA) is 60.9 Å². The number of amides is 3. The van der Waals surface area contributed by atoms with Crippen LogP contribution in [0, 0.1) is 0 Å². The van der Waals surface area contributed by atoms with Gasteiger partial charge in [-0.1, -0.05) is 48.0 Å². The van der Waals surface area contributed by atoms with Crippen molar-refractivity contribution in [2.24, 2.45) is 0 Å². The average molecular weight is 398 g/mol. The molecule has 28 heavy (non-hydrogen) atoms. The first-order chi connectivity index (χ1) is 13.5. The van der Waals surface area contributed by atoms with Crippen molar-refractivity contribution in [2.45, 2.75) is 6.54 Å². The number of halogens is 1. The van der Waals surface area contributed by atoms with Crippen LogP contribution in [-0.2, 0) is 11.3 Å². The van der Waals surface area contributed by atoms with Crippen molar-refractivity contribution in [2.75, 3.05) is 32.7 Å². The molecule has 0 saturated carbocycles. The molecule has 1 fully saturated rings. The molecule has 0 aromatic heterocycles. The summed E-state index contributed by atoms with van der Waals surface area (Å²) < 4.78 is 0. The highest BCUT2D eigenvalue weighted by molar-refractivity contribution is 6.37. The lowest BCUT2D eigenvalue weighted by molar-refractivity contribution is -0.133. The summed E-state index contributed by atoms with van der Waals surface area (Å²) in [7, 11) is 0. The molecule has 2 aliphatic rings. The van der Waals surface area contributed by atoms with Crippen LogP contribution in [0.4, 0.5) is 0 Å². The fourth-order valence-electron chi connectivity index (χ4n) is 3.67. The highest BCUT2D eigenvalue weighted by atomic mass is 35.5. The minimum atomic E-state index is -0.498. The zero-order chi connectivity index (χ0) is 19.7. The first-order valence-electron chi connectivity index (χ1n) is 9.23. The van der Waals surface area contributed by atoms with E-state index in [0.717, 1.165) is 24.5 Å². The highest BCUT2D eigenvalue weighted by Crippen LogP contribution is 2.29. The van der Waals surface area contributed by atoms with Gasteiger partial charge in [0.2, 0.25) is 5.91 Å². The number of nitrogens with zero attached hydrogens (tertiary/aromatic N) is 3. The van der Waals surface area contributed by atoms with Gasteiger partial charge >= 0.3 is 0 Å². The van der Waals surface area contributed by atoms with Crippen LogP contribution in [0.25, 0.3) is 0 Å². The lowest BCUT2D eigenvalue weighted by Crippen LogP contribution is -2.51. The predicted molar refractivity (Wildman–Crippen MR) is 105 cm³/mol. The summed E-state index contributed by atoms with van der Waals surface area (Å²) in [5.74, 6) is -1.18. The van der Waals surface area contributed by atoms with Crippen molar-refractivity contribution in [3.63, 3.8) is 0 Å². The third kappa shape index (κ3) is 3.53. The molecule has 0 unspecified atom stereocenters. The summed E-state index contributed by atoms with van der Waals surface area (Å²) in [5.41, 5.74) is 1.69. The third-order valence-corrected chi connectivity index (χ3v) is 5.53. The molecule has 2 aromatic rings. The molecule has 0 bridgehead atoms. The maximum Gasteiger partial charge on any atom is 0.263 e. The Morgan fingerprint density at radius 1 is 0.893 bits per heavy atom. The molecule has 6 nitrogen and oxygen atoms in total. The van der Waals surface area contributed by atoms with Crippen LogP contribution >= 0.6 is 11.6 Å². The van der Waals surface area contributed by atoms with Gasteiger partial charge < -0.3 is 4.90 Å². The SMILES string of the molecule is O=C(CN1C(=O)c2cccc(Cl)c2C1=O)N1CCN(Cc2ccccc2)CC1. The molecule has 2 heterocycles. The minimum absolute atomic E-state index is 0.189. The predicted octanol–water partition coefficient (Wildman–Crippen LogP) is 2.28. The van der Waals surface area contributed by atoms with E-state index in [1.165, 1.54) is 5.56 Å². The number of rotatable bonds is 4. The number of benzene rings is 2. The van der Waals surface area contributed by atoms with Crippen LogP contribution < -0.4 is 0 Å². The minimum Gasteiger partial charge on any atom is -0.339 e. The Morgan fingerprint density at radius 2 is 1.61 bits per heavy atom. The standard InChI is InChI=1S/C21H20ClN3O3/c22-17-8-4-7-16-19(17)21(28)25(20(16)27)14-18(26)24-11-9-23(10-12-24)13-15-5-2-1-3-6-15/h1-8H,9-14H2. The van der Waals surface area contributed by atoms with Crippen LogP contribution in [0.15, 0.2) is 48.5 Å². The van der Waals surface area contributed by atoms with Crippen molar-refractivity contribution < 1.29 is 14.4 Å². The molecule has 2 aliphatic heterocycles. The number of fused-ring (bicyclic) bond motifs is 1. The van der Waals surface area contributed by atoms with Crippen LogP contribution in [0.2, 0.25) is 5.02 Å². The van der Waals surface area contributed by atoms with E-state index in [4.69, 9.17) is 11.6 Å². The monoisotopic (exact) mass is 397 g/mol. The van der Waals surface area contributed by atoms with Crippen LogP contribution in [0.1, 0.15) is 26.3 Å². The zero-order valence-corrected chi connectivity index (χ0v) is 16.1. The molecular formula is C21H20ClN3O3. The maximum absolute atomic E-state index is 12.7. The van der Waals surface area contributed by atoms with Gasteiger partial charge in [-0.3, -0.25) is 24.2 Å². The van der Waals surface area contributed by atoms with Crippen molar-refractivity contribution in [3.8, 4) is 0 Å². The Bertz CT molecular complexity index is 924. The Balaban J connectivity index is 1.35. The number of carbonyl (C=O) groups is 3. The first-order valence-corrected chi connectivity index (χ1v) is 9.61. The number of imide groups is 1. The summed E-state index contributed by atoms with van der Waals surface area (Å²) >= 11 is 6.06. The Morgan fingerprint density at radius 3 is 2.29 bits per heavy atom. The molecule has 0 atom stereocenters. The van der Waals surface area contributed by atoms with Gasteiger partial charge in [-0.25, -0.2) is 0 Å². The summed E-state index contributed by atoms with van der Waals surface area (Å²) in [6.07, 6.45) is 0. The van der Waals surface area contributed by atoms with Crippen LogP contribution in [-0.4, -0.2) is 65.1 Å². The molecule has 144 valence electrons. The molecule has 0 radical (unpaired) electrons. The zero-order valence-electron chi connectivity index (χ0n) is 15.3. The summed E-state index contributed by atoms with van der Waals surface area (Å²) in [6.45, 7) is 3.27. The summed E-state index contributed by atoms with van der Waals surface area (Å²) in [4.78, 5) is 42.7. The van der Waals surface area contributed by atoms with Gasteiger partial charge in [0.25, 0.3) is 11.8 Å².